The molecule has 1 aromatic carbocycles. The molecule has 2 N–H and O–H groups in total. The molecule has 0 unspecified atom stereocenters. The molecule has 0 aliphatic carbocycles. The van der Waals surface area contributed by atoms with Gasteiger partial charge in [-0.15, -0.1) is 0 Å². The van der Waals surface area contributed by atoms with Crippen LogP contribution in [0.2, 0.25) is 0 Å². The summed E-state index contributed by atoms with van der Waals surface area (Å²) in [5, 5.41) is 17.7. The maximum Gasteiger partial charge on any atom is 0.335 e. The maximum atomic E-state index is 13.8. The first-order chi connectivity index (χ1) is 16.4. The summed E-state index contributed by atoms with van der Waals surface area (Å²) in [6, 6.07) is 8.50. The lowest BCUT2D eigenvalue weighted by Gasteiger charge is -2.26. The van der Waals surface area contributed by atoms with Crippen LogP contribution >= 0.6 is 0 Å². The number of carboxylic acids is 1. The highest BCUT2D eigenvalue weighted by Gasteiger charge is 2.46. The van der Waals surface area contributed by atoms with Gasteiger partial charge in [-0.05, 0) is 56.5 Å². The van der Waals surface area contributed by atoms with Crippen molar-refractivity contribution in [3.63, 3.8) is 0 Å². The third kappa shape index (κ3) is 3.30. The van der Waals surface area contributed by atoms with Gasteiger partial charge in [0.05, 0.1) is 23.8 Å². The summed E-state index contributed by atoms with van der Waals surface area (Å²) >= 11 is 0. The van der Waals surface area contributed by atoms with Crippen molar-refractivity contribution in [2.24, 2.45) is 0 Å². The fourth-order valence-electron chi connectivity index (χ4n) is 5.46. The molecule has 0 amide bonds. The summed E-state index contributed by atoms with van der Waals surface area (Å²) in [6.07, 6.45) is 3.77. The number of hydrogen-bond donors (Lipinski definition) is 2. The predicted octanol–water partition coefficient (Wildman–Crippen LogP) is 4.28. The van der Waals surface area contributed by atoms with E-state index < -0.39 is 11.6 Å². The van der Waals surface area contributed by atoms with Crippen molar-refractivity contribution in [3.8, 4) is 5.69 Å². The van der Waals surface area contributed by atoms with E-state index in [1.165, 1.54) is 12.1 Å². The number of benzene rings is 1. The van der Waals surface area contributed by atoms with E-state index in [1.807, 2.05) is 6.07 Å². The number of pyridine rings is 1. The van der Waals surface area contributed by atoms with Crippen molar-refractivity contribution in [2.75, 3.05) is 19.8 Å². The van der Waals surface area contributed by atoms with Crippen LogP contribution in [0.4, 0.5) is 4.39 Å². The molecule has 0 spiro atoms. The van der Waals surface area contributed by atoms with Gasteiger partial charge in [-0.25, -0.2) is 14.2 Å². The molecule has 2 aliphatic rings. The molecule has 0 saturated carbocycles. The quantitative estimate of drug-likeness (QED) is 0.467. The van der Waals surface area contributed by atoms with E-state index in [0.717, 1.165) is 46.2 Å². The number of fused-ring (bicyclic) bond motifs is 2. The van der Waals surface area contributed by atoms with Crippen molar-refractivity contribution >= 4 is 28.0 Å². The highest BCUT2D eigenvalue weighted by Crippen LogP contribution is 2.46. The molecule has 8 nitrogen and oxygen atoms in total. The molecular weight excluding hydrogens is 439 g/mol. The van der Waals surface area contributed by atoms with Crippen molar-refractivity contribution in [3.05, 3.63) is 53.6 Å². The minimum absolute atomic E-state index is 0.143. The highest BCUT2D eigenvalue weighted by molar-refractivity contribution is 5.94. The molecule has 2 saturated heterocycles. The molecular formula is C25H25FN4O4. The Balaban J connectivity index is 1.65. The minimum Gasteiger partial charge on any atom is -0.479 e. The van der Waals surface area contributed by atoms with Crippen LogP contribution in [0.25, 0.3) is 27.8 Å². The monoisotopic (exact) mass is 464 g/mol. The topological polar surface area (TPSA) is 102 Å². The first-order valence-electron chi connectivity index (χ1n) is 11.5. The Morgan fingerprint density at radius 2 is 2.00 bits per heavy atom. The molecule has 2 atom stereocenters. The number of nitrogens with one attached hydrogen (secondary N) is 1. The van der Waals surface area contributed by atoms with Crippen LogP contribution < -0.4 is 0 Å². The summed E-state index contributed by atoms with van der Waals surface area (Å²) in [7, 11) is 0. The van der Waals surface area contributed by atoms with Crippen molar-refractivity contribution < 1.29 is 23.8 Å². The SMILES string of the molecule is C[C@]1(C(=O)O)C[C@H](c2c(C3CCOCC3)n(-c3ccc(F)cc3)c3cc4cn[nH]c4nc23)CO1. The zero-order valence-electron chi connectivity index (χ0n) is 18.8. The lowest BCUT2D eigenvalue weighted by Crippen LogP contribution is -2.34. The van der Waals surface area contributed by atoms with Crippen LogP contribution in [0.5, 0.6) is 0 Å². The van der Waals surface area contributed by atoms with Crippen molar-refractivity contribution in [1.29, 1.82) is 0 Å². The molecule has 3 aromatic heterocycles. The second-order valence-electron chi connectivity index (χ2n) is 9.41. The van der Waals surface area contributed by atoms with E-state index in [9.17, 15) is 14.3 Å². The number of aromatic nitrogens is 4. The second kappa shape index (κ2) is 7.89. The zero-order chi connectivity index (χ0) is 23.4. The summed E-state index contributed by atoms with van der Waals surface area (Å²) < 4.78 is 27.5. The molecule has 176 valence electrons. The number of carboxylic acid groups (broad SMARTS) is 1. The Hall–Kier alpha value is -3.30. The van der Waals surface area contributed by atoms with Gasteiger partial charge in [-0.3, -0.25) is 5.10 Å². The highest BCUT2D eigenvalue weighted by atomic mass is 19.1. The van der Waals surface area contributed by atoms with Gasteiger partial charge in [0.25, 0.3) is 0 Å². The molecule has 4 aromatic rings. The van der Waals surface area contributed by atoms with Gasteiger partial charge in [0.2, 0.25) is 0 Å². The van der Waals surface area contributed by atoms with Gasteiger partial charge in [-0.1, -0.05) is 0 Å². The first kappa shape index (κ1) is 21.2. The number of hydrogen-bond acceptors (Lipinski definition) is 5. The fraction of sp³-hybridized carbons (Fsp3) is 0.400. The Labute approximate surface area is 194 Å². The van der Waals surface area contributed by atoms with Crippen LogP contribution in [-0.4, -0.2) is 56.2 Å². The number of carbonyl (C=O) groups is 1. The van der Waals surface area contributed by atoms with E-state index >= 15 is 0 Å². The van der Waals surface area contributed by atoms with Crippen LogP contribution in [0.15, 0.2) is 36.5 Å². The number of halogens is 1. The molecule has 6 rings (SSSR count). The largest absolute Gasteiger partial charge is 0.479 e. The maximum absolute atomic E-state index is 13.8. The predicted molar refractivity (Wildman–Crippen MR) is 123 cm³/mol. The molecule has 2 fully saturated rings. The van der Waals surface area contributed by atoms with E-state index in [1.54, 1.807) is 25.3 Å². The second-order valence-corrected chi connectivity index (χ2v) is 9.41. The third-order valence-corrected chi connectivity index (χ3v) is 7.21. The van der Waals surface area contributed by atoms with E-state index in [0.29, 0.717) is 31.9 Å². The Morgan fingerprint density at radius 3 is 2.71 bits per heavy atom. The Kier molecular flexibility index (Phi) is 4.93. The number of rotatable bonds is 4. The summed E-state index contributed by atoms with van der Waals surface area (Å²) in [4.78, 5) is 16.9. The summed E-state index contributed by atoms with van der Waals surface area (Å²) in [5.74, 6) is -1.22. The van der Waals surface area contributed by atoms with Gasteiger partial charge < -0.3 is 19.1 Å². The molecule has 34 heavy (non-hydrogen) atoms. The number of nitrogens with zero attached hydrogens (tertiary/aromatic N) is 3. The number of aromatic amines is 1. The van der Waals surface area contributed by atoms with Crippen LogP contribution in [0.3, 0.4) is 0 Å². The fourth-order valence-corrected chi connectivity index (χ4v) is 5.46. The number of aliphatic carboxylic acids is 1. The summed E-state index contributed by atoms with van der Waals surface area (Å²) in [5.41, 5.74) is 4.04. The lowest BCUT2D eigenvalue weighted by molar-refractivity contribution is -0.157. The van der Waals surface area contributed by atoms with E-state index in [-0.39, 0.29) is 17.7 Å². The first-order valence-corrected chi connectivity index (χ1v) is 11.5. The third-order valence-electron chi connectivity index (χ3n) is 7.21. The zero-order valence-corrected chi connectivity index (χ0v) is 18.8. The molecule has 2 aliphatic heterocycles. The number of ether oxygens (including phenoxy) is 2. The lowest BCUT2D eigenvalue weighted by atomic mass is 9.85. The van der Waals surface area contributed by atoms with Crippen LogP contribution in [0, 0.1) is 5.82 Å². The van der Waals surface area contributed by atoms with E-state index in [2.05, 4.69) is 14.8 Å². The standard InChI is InChI=1S/C25H25FN4O4/c1-25(24(31)32)11-16(13-34-25)20-21-19(10-15-12-27-29-23(15)28-21)30(18-4-2-17(26)3-5-18)22(20)14-6-8-33-9-7-14/h2-5,10,12,14,16H,6-9,11,13H2,1H3,(H,31,32)(H,27,28,29)/t16-,25+/m0/s1. The van der Waals surface area contributed by atoms with Crippen LogP contribution in [-0.2, 0) is 14.3 Å². The van der Waals surface area contributed by atoms with Gasteiger partial charge >= 0.3 is 5.97 Å². The number of H-pyrrole nitrogens is 1. The van der Waals surface area contributed by atoms with Gasteiger partial charge in [-0.2, -0.15) is 5.10 Å². The molecule has 5 heterocycles. The minimum atomic E-state index is -1.25. The van der Waals surface area contributed by atoms with Crippen molar-refractivity contribution in [2.45, 2.75) is 43.6 Å². The normalized spacial score (nSPS) is 23.8. The molecule has 0 radical (unpaired) electrons. The average Bonchev–Trinajstić information content (AvgIpc) is 3.54. The Morgan fingerprint density at radius 1 is 1.24 bits per heavy atom. The van der Waals surface area contributed by atoms with E-state index in [4.69, 9.17) is 14.5 Å². The smallest absolute Gasteiger partial charge is 0.335 e. The molecule has 9 heteroatoms. The summed E-state index contributed by atoms with van der Waals surface area (Å²) in [6.45, 7) is 3.23. The van der Waals surface area contributed by atoms with Gasteiger partial charge in [0, 0.05) is 47.4 Å². The van der Waals surface area contributed by atoms with Crippen molar-refractivity contribution in [1.82, 2.24) is 19.7 Å². The van der Waals surface area contributed by atoms with Crippen LogP contribution in [0.1, 0.15) is 49.3 Å². The average molecular weight is 464 g/mol. The van der Waals surface area contributed by atoms with Gasteiger partial charge in [0.1, 0.15) is 5.82 Å². The van der Waals surface area contributed by atoms with Gasteiger partial charge in [0.15, 0.2) is 11.2 Å². The molecule has 0 bridgehead atoms. The Bertz CT molecular complexity index is 1390.